The van der Waals surface area contributed by atoms with Gasteiger partial charge in [-0.3, -0.25) is 4.90 Å². The fourth-order valence-corrected chi connectivity index (χ4v) is 1.55. The maximum atomic E-state index is 9.21. The molecule has 92 valence electrons. The van der Waals surface area contributed by atoms with Gasteiger partial charge in [-0.15, -0.1) is 0 Å². The van der Waals surface area contributed by atoms with Crippen LogP contribution in [0.4, 0.5) is 0 Å². The molecule has 0 saturated carbocycles. The smallest absolute Gasteiger partial charge is 0.141 e. The summed E-state index contributed by atoms with van der Waals surface area (Å²) < 4.78 is 1.93. The lowest BCUT2D eigenvalue weighted by Gasteiger charge is -2.18. The predicted molar refractivity (Wildman–Crippen MR) is 63.0 cm³/mol. The molecule has 0 fully saturated rings. The molecule has 5 nitrogen and oxygen atoms in total. The van der Waals surface area contributed by atoms with E-state index in [9.17, 15) is 5.11 Å². The first-order chi connectivity index (χ1) is 7.50. The number of nitrogens with zero attached hydrogens (tertiary/aromatic N) is 4. The standard InChI is InChI=1S/C11H22N4O/c1-9(2)15-11(12-8-13-15)7-14(4)6-5-10(3)16/h8-10,16H,5-7H2,1-4H3. The molecule has 0 saturated heterocycles. The van der Waals surface area contributed by atoms with Gasteiger partial charge in [0.2, 0.25) is 0 Å². The van der Waals surface area contributed by atoms with E-state index in [1.165, 1.54) is 0 Å². The molecule has 1 heterocycles. The fraction of sp³-hybridized carbons (Fsp3) is 0.818. The Kier molecular flexibility index (Phi) is 4.89. The topological polar surface area (TPSA) is 54.2 Å². The minimum absolute atomic E-state index is 0.245. The summed E-state index contributed by atoms with van der Waals surface area (Å²) in [5.74, 6) is 0.975. The van der Waals surface area contributed by atoms with Gasteiger partial charge < -0.3 is 5.11 Å². The van der Waals surface area contributed by atoms with Crippen molar-refractivity contribution in [1.82, 2.24) is 19.7 Å². The van der Waals surface area contributed by atoms with Crippen LogP contribution in [0.25, 0.3) is 0 Å². The number of hydrogen-bond acceptors (Lipinski definition) is 4. The first-order valence-electron chi connectivity index (χ1n) is 5.75. The van der Waals surface area contributed by atoms with Gasteiger partial charge in [-0.25, -0.2) is 9.67 Å². The second-order valence-electron chi connectivity index (χ2n) is 4.59. The first-order valence-corrected chi connectivity index (χ1v) is 5.75. The van der Waals surface area contributed by atoms with Gasteiger partial charge in [-0.05, 0) is 34.2 Å². The van der Waals surface area contributed by atoms with Crippen LogP contribution in [0.3, 0.4) is 0 Å². The second-order valence-corrected chi connectivity index (χ2v) is 4.59. The molecule has 0 spiro atoms. The van der Waals surface area contributed by atoms with E-state index >= 15 is 0 Å². The maximum absolute atomic E-state index is 9.21. The van der Waals surface area contributed by atoms with Crippen LogP contribution in [-0.4, -0.2) is 44.5 Å². The normalized spacial score (nSPS) is 13.7. The first kappa shape index (κ1) is 13.1. The third-order valence-electron chi connectivity index (χ3n) is 2.48. The molecule has 1 N–H and O–H groups in total. The summed E-state index contributed by atoms with van der Waals surface area (Å²) in [5.41, 5.74) is 0. The molecule has 0 bridgehead atoms. The van der Waals surface area contributed by atoms with E-state index in [0.29, 0.717) is 6.04 Å². The van der Waals surface area contributed by atoms with Gasteiger partial charge in [0.05, 0.1) is 12.6 Å². The Balaban J connectivity index is 2.49. The summed E-state index contributed by atoms with van der Waals surface area (Å²) in [6, 6.07) is 0.336. The Morgan fingerprint density at radius 1 is 1.44 bits per heavy atom. The molecule has 0 aliphatic carbocycles. The highest BCUT2D eigenvalue weighted by Crippen LogP contribution is 2.07. The van der Waals surface area contributed by atoms with E-state index < -0.39 is 0 Å². The van der Waals surface area contributed by atoms with Crippen LogP contribution < -0.4 is 0 Å². The average Bonchev–Trinajstić information content (AvgIpc) is 2.62. The molecular weight excluding hydrogens is 204 g/mol. The van der Waals surface area contributed by atoms with Crippen LogP contribution in [0.5, 0.6) is 0 Å². The number of aromatic nitrogens is 3. The molecule has 1 rings (SSSR count). The Hall–Kier alpha value is -0.940. The minimum Gasteiger partial charge on any atom is -0.393 e. The number of rotatable bonds is 6. The zero-order valence-corrected chi connectivity index (χ0v) is 10.6. The van der Waals surface area contributed by atoms with Crippen LogP contribution in [0.2, 0.25) is 0 Å². The molecule has 5 heteroatoms. The maximum Gasteiger partial charge on any atom is 0.141 e. The van der Waals surface area contributed by atoms with Crippen LogP contribution in [0, 0.1) is 0 Å². The minimum atomic E-state index is -0.245. The molecule has 0 amide bonds. The van der Waals surface area contributed by atoms with E-state index in [-0.39, 0.29) is 6.10 Å². The van der Waals surface area contributed by atoms with E-state index in [4.69, 9.17) is 0 Å². The summed E-state index contributed by atoms with van der Waals surface area (Å²) in [4.78, 5) is 6.40. The second kappa shape index (κ2) is 5.96. The van der Waals surface area contributed by atoms with E-state index in [1.807, 2.05) is 18.7 Å². The third-order valence-corrected chi connectivity index (χ3v) is 2.48. The molecule has 0 aromatic carbocycles. The Bertz CT molecular complexity index is 309. The van der Waals surface area contributed by atoms with Crippen molar-refractivity contribution in [3.05, 3.63) is 12.2 Å². The van der Waals surface area contributed by atoms with Gasteiger partial charge in [0.15, 0.2) is 0 Å². The van der Waals surface area contributed by atoms with Crippen molar-refractivity contribution in [3.63, 3.8) is 0 Å². The van der Waals surface area contributed by atoms with Gasteiger partial charge in [0, 0.05) is 12.6 Å². The fourth-order valence-electron chi connectivity index (χ4n) is 1.55. The van der Waals surface area contributed by atoms with Crippen molar-refractivity contribution in [2.45, 2.75) is 45.9 Å². The van der Waals surface area contributed by atoms with Gasteiger partial charge in [-0.2, -0.15) is 5.10 Å². The summed E-state index contributed by atoms with van der Waals surface area (Å²) in [7, 11) is 2.03. The van der Waals surface area contributed by atoms with Crippen molar-refractivity contribution in [2.24, 2.45) is 0 Å². The van der Waals surface area contributed by atoms with Gasteiger partial charge in [0.25, 0.3) is 0 Å². The van der Waals surface area contributed by atoms with Gasteiger partial charge >= 0.3 is 0 Å². The lowest BCUT2D eigenvalue weighted by atomic mass is 10.3. The quantitative estimate of drug-likeness (QED) is 0.788. The largest absolute Gasteiger partial charge is 0.393 e. The van der Waals surface area contributed by atoms with Crippen molar-refractivity contribution in [3.8, 4) is 0 Å². The molecule has 1 unspecified atom stereocenters. The van der Waals surface area contributed by atoms with Crippen LogP contribution in [-0.2, 0) is 6.54 Å². The molecule has 0 aliphatic heterocycles. The Morgan fingerprint density at radius 2 is 2.12 bits per heavy atom. The number of hydrogen-bond donors (Lipinski definition) is 1. The molecule has 1 aromatic heterocycles. The summed E-state index contributed by atoms with van der Waals surface area (Å²) in [6.07, 6.45) is 2.13. The van der Waals surface area contributed by atoms with Crippen LogP contribution in [0.15, 0.2) is 6.33 Å². The van der Waals surface area contributed by atoms with Gasteiger partial charge in [0.1, 0.15) is 12.2 Å². The van der Waals surface area contributed by atoms with Crippen molar-refractivity contribution in [1.29, 1.82) is 0 Å². The van der Waals surface area contributed by atoms with E-state index in [1.54, 1.807) is 6.33 Å². The predicted octanol–water partition coefficient (Wildman–Crippen LogP) is 1.06. The van der Waals surface area contributed by atoms with Crippen LogP contribution >= 0.6 is 0 Å². The summed E-state index contributed by atoms with van der Waals surface area (Å²) in [6.45, 7) is 7.62. The Morgan fingerprint density at radius 3 is 2.69 bits per heavy atom. The highest BCUT2D eigenvalue weighted by Gasteiger charge is 2.10. The molecule has 1 atom stereocenters. The van der Waals surface area contributed by atoms with E-state index in [0.717, 1.165) is 25.3 Å². The van der Waals surface area contributed by atoms with Crippen molar-refractivity contribution in [2.75, 3.05) is 13.6 Å². The highest BCUT2D eigenvalue weighted by atomic mass is 16.3. The molecule has 16 heavy (non-hydrogen) atoms. The van der Waals surface area contributed by atoms with Crippen molar-refractivity contribution >= 4 is 0 Å². The highest BCUT2D eigenvalue weighted by molar-refractivity contribution is 4.86. The number of aliphatic hydroxyl groups excluding tert-OH is 1. The summed E-state index contributed by atoms with van der Waals surface area (Å²) >= 11 is 0. The van der Waals surface area contributed by atoms with Crippen LogP contribution in [0.1, 0.15) is 39.1 Å². The van der Waals surface area contributed by atoms with Gasteiger partial charge in [-0.1, -0.05) is 0 Å². The lowest BCUT2D eigenvalue weighted by Crippen LogP contribution is -2.24. The molecule has 0 aliphatic rings. The zero-order chi connectivity index (χ0) is 12.1. The average molecular weight is 226 g/mol. The number of aliphatic hydroxyl groups is 1. The Labute approximate surface area is 97.1 Å². The zero-order valence-electron chi connectivity index (χ0n) is 10.6. The lowest BCUT2D eigenvalue weighted by molar-refractivity contribution is 0.161. The molecular formula is C11H22N4O. The summed E-state index contributed by atoms with van der Waals surface area (Å²) in [5, 5.41) is 13.4. The van der Waals surface area contributed by atoms with E-state index in [2.05, 4.69) is 28.8 Å². The SMILES string of the molecule is CC(O)CCN(C)Cc1ncnn1C(C)C. The third kappa shape index (κ3) is 3.90. The van der Waals surface area contributed by atoms with Crippen molar-refractivity contribution < 1.29 is 5.11 Å². The monoisotopic (exact) mass is 226 g/mol. The molecule has 1 aromatic rings. The molecule has 0 radical (unpaired) electrons.